The molecule has 12 heteroatoms. The van der Waals surface area contributed by atoms with E-state index in [-0.39, 0.29) is 24.6 Å². The van der Waals surface area contributed by atoms with Gasteiger partial charge in [-0.05, 0) is 118 Å². The molecule has 6 aromatic carbocycles. The highest BCUT2D eigenvalue weighted by Crippen LogP contribution is 2.33. The minimum Gasteiger partial charge on any atom is -0.493 e. The Morgan fingerprint density at radius 1 is 0.525 bits per heavy atom. The fraction of sp³-hybridized carbons (Fsp3) is 0.353. The van der Waals surface area contributed by atoms with Gasteiger partial charge in [-0.2, -0.15) is 9.97 Å². The van der Waals surface area contributed by atoms with Gasteiger partial charge < -0.3 is 23.8 Å². The quantitative estimate of drug-likeness (QED) is 0.0282. The SMILES string of the molecule is C#CCOc1ccc2c(c1)c(-c1ccc(C(C)C)cc1)nc(=O)n2Cc1ccccc1OCCCCCCCl.C#CCOc1ccc2c(c1)c(-c1ccc(C(C)C)cc1)nc(=O)n2Cc1ccccc1OCCCCCCN(C)C. The monoisotopic (exact) mass is 1090 g/mol. The Bertz CT molecular complexity index is 3480. The Kier molecular flexibility index (Phi) is 22.8. The lowest BCUT2D eigenvalue weighted by Crippen LogP contribution is -2.25. The van der Waals surface area contributed by atoms with Crippen molar-refractivity contribution in [1.82, 2.24) is 24.0 Å². The first-order valence-electron chi connectivity index (χ1n) is 27.9. The summed E-state index contributed by atoms with van der Waals surface area (Å²) in [7, 11) is 4.21. The lowest BCUT2D eigenvalue weighted by molar-refractivity contribution is 0.298. The molecule has 2 heterocycles. The van der Waals surface area contributed by atoms with Crippen molar-refractivity contribution in [3.8, 4) is 70.2 Å². The first-order valence-corrected chi connectivity index (χ1v) is 28.5. The number of terminal acetylenes is 2. The molecule has 0 amide bonds. The van der Waals surface area contributed by atoms with Gasteiger partial charge in [-0.3, -0.25) is 9.13 Å². The van der Waals surface area contributed by atoms with Crippen LogP contribution in [0.15, 0.2) is 143 Å². The number of rotatable bonds is 27. The number of para-hydroxylation sites is 2. The molecule has 0 aliphatic carbocycles. The summed E-state index contributed by atoms with van der Waals surface area (Å²) in [6, 6.07) is 43.5. The van der Waals surface area contributed by atoms with E-state index in [2.05, 4.69) is 92.8 Å². The standard InChI is InChI=1S/C35H41N3O3.C33H35ClN2O3/c1-6-22-40-30-19-20-32-31(24-30)34(28-17-15-27(16-18-28)26(2)3)36-35(39)38(32)25-29-13-9-10-14-33(29)41-23-12-8-7-11-21-37(4)5;1-4-20-38-28-17-18-30-29(22-28)32(26-15-13-25(14-16-26)24(2)3)35-33(37)36(30)23-27-11-7-8-12-31(27)39-21-10-6-5-9-19-34/h1,9-10,13-20,24,26H,7-8,11-12,21-23,25H2,2-5H3;1,7-8,11-18,22,24H,5-6,9-10,19-21,23H2,2-3H3. The molecular formula is C68H76ClN5O6. The van der Waals surface area contributed by atoms with Crippen LogP contribution in [0, 0.1) is 24.7 Å². The number of unbranched alkanes of at least 4 members (excludes halogenated alkanes) is 6. The number of ether oxygens (including phenoxy) is 4. The number of benzene rings is 6. The van der Waals surface area contributed by atoms with E-state index >= 15 is 0 Å². The van der Waals surface area contributed by atoms with Gasteiger partial charge >= 0.3 is 11.4 Å². The second-order valence-corrected chi connectivity index (χ2v) is 21.2. The number of hydrogen-bond acceptors (Lipinski definition) is 9. The Morgan fingerprint density at radius 3 is 1.34 bits per heavy atom. The molecule has 2 aromatic heterocycles. The molecule has 416 valence electrons. The number of halogens is 1. The Balaban J connectivity index is 0.000000231. The van der Waals surface area contributed by atoms with Gasteiger partial charge in [-0.1, -0.05) is 150 Å². The van der Waals surface area contributed by atoms with Crippen LogP contribution in [0.25, 0.3) is 44.3 Å². The third kappa shape index (κ3) is 16.6. The van der Waals surface area contributed by atoms with E-state index in [1.54, 1.807) is 9.13 Å². The summed E-state index contributed by atoms with van der Waals surface area (Å²) < 4.78 is 27.1. The molecule has 0 atom stereocenters. The predicted octanol–water partition coefficient (Wildman–Crippen LogP) is 14.2. The van der Waals surface area contributed by atoms with Crippen LogP contribution in [0.1, 0.15) is 113 Å². The first-order chi connectivity index (χ1) is 38.9. The van der Waals surface area contributed by atoms with Crippen molar-refractivity contribution in [1.29, 1.82) is 0 Å². The second kappa shape index (κ2) is 30.5. The maximum atomic E-state index is 13.5. The van der Waals surface area contributed by atoms with E-state index in [1.165, 1.54) is 24.0 Å². The van der Waals surface area contributed by atoms with Gasteiger partial charge in [-0.25, -0.2) is 9.59 Å². The predicted molar refractivity (Wildman–Crippen MR) is 328 cm³/mol. The van der Waals surface area contributed by atoms with Crippen molar-refractivity contribution in [3.63, 3.8) is 0 Å². The van der Waals surface area contributed by atoms with E-state index in [0.29, 0.717) is 66.9 Å². The van der Waals surface area contributed by atoms with Gasteiger partial charge in [-0.15, -0.1) is 24.4 Å². The fourth-order valence-electron chi connectivity index (χ4n) is 9.44. The highest BCUT2D eigenvalue weighted by atomic mass is 35.5. The molecule has 8 aromatic rings. The molecule has 0 unspecified atom stereocenters. The summed E-state index contributed by atoms with van der Waals surface area (Å²) in [4.78, 5) is 38.4. The van der Waals surface area contributed by atoms with Gasteiger partial charge in [0.25, 0.3) is 0 Å². The van der Waals surface area contributed by atoms with Gasteiger partial charge in [0, 0.05) is 38.9 Å². The molecule has 8 rings (SSSR count). The van der Waals surface area contributed by atoms with Crippen LogP contribution in [-0.4, -0.2) is 76.9 Å². The zero-order chi connectivity index (χ0) is 56.8. The summed E-state index contributed by atoms with van der Waals surface area (Å²) in [6.07, 6.45) is 19.5. The molecule has 11 nitrogen and oxygen atoms in total. The Labute approximate surface area is 477 Å². The van der Waals surface area contributed by atoms with Gasteiger partial charge in [0.15, 0.2) is 0 Å². The summed E-state index contributed by atoms with van der Waals surface area (Å²) in [6.45, 7) is 12.0. The van der Waals surface area contributed by atoms with E-state index in [1.807, 2.05) is 109 Å². The van der Waals surface area contributed by atoms with Gasteiger partial charge in [0.1, 0.15) is 36.2 Å². The van der Waals surface area contributed by atoms with Crippen molar-refractivity contribution in [2.75, 3.05) is 52.9 Å². The van der Waals surface area contributed by atoms with Crippen molar-refractivity contribution in [2.45, 2.75) is 104 Å². The van der Waals surface area contributed by atoms with Crippen LogP contribution in [0.4, 0.5) is 0 Å². The molecule has 0 fully saturated rings. The van der Waals surface area contributed by atoms with Crippen molar-refractivity contribution >= 4 is 33.4 Å². The molecule has 80 heavy (non-hydrogen) atoms. The lowest BCUT2D eigenvalue weighted by Gasteiger charge is -2.17. The van der Waals surface area contributed by atoms with Crippen LogP contribution < -0.4 is 30.3 Å². The average molecular weight is 1090 g/mol. The number of aromatic nitrogens is 4. The number of nitrogens with zero attached hydrogens (tertiary/aromatic N) is 5. The van der Waals surface area contributed by atoms with Crippen LogP contribution in [0.2, 0.25) is 0 Å². The van der Waals surface area contributed by atoms with Crippen molar-refractivity contribution in [2.24, 2.45) is 0 Å². The molecular weight excluding hydrogens is 1020 g/mol. The highest BCUT2D eigenvalue weighted by Gasteiger charge is 2.18. The lowest BCUT2D eigenvalue weighted by atomic mass is 9.99. The topological polar surface area (TPSA) is 110 Å². The smallest absolute Gasteiger partial charge is 0.348 e. The molecule has 0 radical (unpaired) electrons. The summed E-state index contributed by atoms with van der Waals surface area (Å²) >= 11 is 5.78. The average Bonchev–Trinajstić information content (AvgIpc) is 3.46. The zero-order valence-electron chi connectivity index (χ0n) is 47.4. The largest absolute Gasteiger partial charge is 0.493 e. The van der Waals surface area contributed by atoms with Crippen LogP contribution in [0.3, 0.4) is 0 Å². The highest BCUT2D eigenvalue weighted by molar-refractivity contribution is 6.17. The zero-order valence-corrected chi connectivity index (χ0v) is 48.1. The first kappa shape index (κ1) is 59.8. The third-order valence-electron chi connectivity index (χ3n) is 13.9. The Morgan fingerprint density at radius 2 is 0.938 bits per heavy atom. The van der Waals surface area contributed by atoms with Crippen molar-refractivity contribution in [3.05, 3.63) is 177 Å². The van der Waals surface area contributed by atoms with Crippen LogP contribution in [0.5, 0.6) is 23.0 Å². The molecule has 0 aliphatic heterocycles. The van der Waals surface area contributed by atoms with E-state index in [4.69, 9.17) is 43.4 Å². The van der Waals surface area contributed by atoms with Crippen LogP contribution >= 0.6 is 11.6 Å². The molecule has 0 saturated carbocycles. The van der Waals surface area contributed by atoms with Gasteiger partial charge in [0.05, 0.1) is 48.7 Å². The second-order valence-electron chi connectivity index (χ2n) is 20.8. The van der Waals surface area contributed by atoms with Gasteiger partial charge in [0.2, 0.25) is 0 Å². The number of fused-ring (bicyclic) bond motifs is 2. The fourth-order valence-corrected chi connectivity index (χ4v) is 9.62. The number of hydrogen-bond donors (Lipinski definition) is 0. The molecule has 0 spiro atoms. The summed E-state index contributed by atoms with van der Waals surface area (Å²) in [5.41, 5.74) is 8.23. The van der Waals surface area contributed by atoms with E-state index in [9.17, 15) is 9.59 Å². The molecule has 0 bridgehead atoms. The maximum Gasteiger partial charge on any atom is 0.348 e. The summed E-state index contributed by atoms with van der Waals surface area (Å²) in [5, 5.41) is 1.65. The minimum absolute atomic E-state index is 0.160. The van der Waals surface area contributed by atoms with E-state index in [0.717, 1.165) is 101 Å². The molecule has 0 saturated heterocycles. The van der Waals surface area contributed by atoms with E-state index < -0.39 is 0 Å². The minimum atomic E-state index is -0.321. The van der Waals surface area contributed by atoms with Crippen molar-refractivity contribution < 1.29 is 18.9 Å². The third-order valence-corrected chi connectivity index (χ3v) is 14.2. The summed E-state index contributed by atoms with van der Waals surface area (Å²) in [5.74, 6) is 9.37. The molecule has 0 aliphatic rings. The molecule has 0 N–H and O–H groups in total. The Hall–Kier alpha value is -7.83. The van der Waals surface area contributed by atoms with Crippen LogP contribution in [-0.2, 0) is 13.1 Å². The number of alkyl halides is 1. The maximum absolute atomic E-state index is 13.5. The normalized spacial score (nSPS) is 11.2.